The SMILES string of the molecule is CC(C)(C)c1ccc(N2c3cc(-c4ncccn4)cc4c3B(c3sc5ccc(C(C)(C)C)cc5c32)c2cccc3c5c(ccc6c7ccccc7n(-c7ccccc7)c65)n-4c23)cc1. The Kier molecular flexibility index (Phi) is 7.46. The minimum atomic E-state index is -0.00925. The molecular weight excluding hydrogens is 786 g/mol. The molecule has 0 spiro atoms. The van der Waals surface area contributed by atoms with Crippen LogP contribution in [0.5, 0.6) is 0 Å². The van der Waals surface area contributed by atoms with Gasteiger partial charge in [-0.05, 0) is 99.6 Å². The number of hydrogen-bond acceptors (Lipinski definition) is 4. The van der Waals surface area contributed by atoms with Gasteiger partial charge < -0.3 is 14.0 Å². The fourth-order valence-corrected chi connectivity index (χ4v) is 12.0. The molecular formula is C56H44BN5S. The third-order valence-corrected chi connectivity index (χ3v) is 14.9. The van der Waals surface area contributed by atoms with Crippen LogP contribution in [0.25, 0.3) is 76.5 Å². The molecule has 7 heteroatoms. The molecule has 0 unspecified atom stereocenters. The first-order chi connectivity index (χ1) is 30.5. The maximum atomic E-state index is 4.88. The van der Waals surface area contributed by atoms with E-state index in [2.05, 4.69) is 195 Å². The predicted octanol–water partition coefficient (Wildman–Crippen LogP) is 12.8. The molecule has 0 N–H and O–H groups in total. The number of nitrogens with zero attached hydrogens (tertiary/aromatic N) is 5. The molecule has 2 aliphatic heterocycles. The van der Waals surface area contributed by atoms with E-state index in [1.54, 1.807) is 0 Å². The lowest BCUT2D eigenvalue weighted by Crippen LogP contribution is -2.59. The summed E-state index contributed by atoms with van der Waals surface area (Å²) < 4.78 is 7.74. The molecule has 6 heterocycles. The van der Waals surface area contributed by atoms with Crippen molar-refractivity contribution in [3.05, 3.63) is 169 Å². The smallest absolute Gasteiger partial charge is 0.264 e. The summed E-state index contributed by atoms with van der Waals surface area (Å²) in [7, 11) is 0. The zero-order valence-electron chi connectivity index (χ0n) is 36.2. The Bertz CT molecular complexity index is 3700. The largest absolute Gasteiger partial charge is 0.310 e. The standard InChI is InChI=1S/C56H44BN5S/c1-55(2,3)34-20-23-37(24-21-34)61-45-30-33(54-58-28-13-29-59-54)31-46-49(45)57(53-52(61)41-32-35(56(4,5)6)22-27-47(41)63-53)42-18-12-17-40-48-44(62(46)50(40)42)26-25-39-38-16-10-11-19-43(38)60(51(39)48)36-14-8-7-9-15-36/h7-32H,1-6H3. The normalized spacial score (nSPS) is 13.5. The molecule has 5 nitrogen and oxygen atoms in total. The van der Waals surface area contributed by atoms with Crippen LogP contribution in [0.1, 0.15) is 52.7 Å². The van der Waals surface area contributed by atoms with Gasteiger partial charge in [0.2, 0.25) is 0 Å². The molecule has 0 aliphatic carbocycles. The van der Waals surface area contributed by atoms with E-state index in [1.807, 2.05) is 29.8 Å². The molecule has 13 rings (SSSR count). The predicted molar refractivity (Wildman–Crippen MR) is 268 cm³/mol. The summed E-state index contributed by atoms with van der Waals surface area (Å²) >= 11 is 1.96. The van der Waals surface area contributed by atoms with Crippen molar-refractivity contribution in [3.63, 3.8) is 0 Å². The van der Waals surface area contributed by atoms with Crippen molar-refractivity contribution < 1.29 is 0 Å². The van der Waals surface area contributed by atoms with Gasteiger partial charge in [0.15, 0.2) is 5.82 Å². The molecule has 0 bridgehead atoms. The fraction of sp³-hybridized carbons (Fsp3) is 0.143. The van der Waals surface area contributed by atoms with Gasteiger partial charge in [-0.15, -0.1) is 11.3 Å². The van der Waals surface area contributed by atoms with Crippen LogP contribution < -0.4 is 20.6 Å². The molecule has 63 heavy (non-hydrogen) atoms. The highest BCUT2D eigenvalue weighted by molar-refractivity contribution is 7.33. The summed E-state index contributed by atoms with van der Waals surface area (Å²) in [5.41, 5.74) is 17.1. The topological polar surface area (TPSA) is 38.9 Å². The Morgan fingerprint density at radius 1 is 0.524 bits per heavy atom. The van der Waals surface area contributed by atoms with E-state index in [0.29, 0.717) is 5.82 Å². The highest BCUT2D eigenvalue weighted by atomic mass is 32.1. The number of anilines is 3. The first-order valence-electron chi connectivity index (χ1n) is 22.0. The highest BCUT2D eigenvalue weighted by Gasteiger charge is 2.45. The Labute approximate surface area is 371 Å². The molecule has 0 radical (unpaired) electrons. The molecule has 0 atom stereocenters. The molecule has 0 saturated carbocycles. The Balaban J connectivity index is 1.21. The minimum absolute atomic E-state index is 0.00677. The van der Waals surface area contributed by atoms with Gasteiger partial charge in [-0.1, -0.05) is 120 Å². The highest BCUT2D eigenvalue weighted by Crippen LogP contribution is 2.49. The number of fused-ring (bicyclic) bond motifs is 13. The van der Waals surface area contributed by atoms with Crippen LogP contribution in [0.2, 0.25) is 0 Å². The maximum Gasteiger partial charge on any atom is 0.264 e. The van der Waals surface area contributed by atoms with Crippen molar-refractivity contribution in [1.29, 1.82) is 0 Å². The van der Waals surface area contributed by atoms with E-state index in [9.17, 15) is 0 Å². The molecule has 7 aromatic carbocycles. The summed E-state index contributed by atoms with van der Waals surface area (Å²) in [4.78, 5) is 12.3. The molecule has 302 valence electrons. The number of thiophene rings is 1. The lowest BCUT2D eigenvalue weighted by molar-refractivity contribution is 0.590. The second-order valence-corrected chi connectivity index (χ2v) is 20.5. The van der Waals surface area contributed by atoms with Crippen LogP contribution in [-0.4, -0.2) is 25.8 Å². The molecule has 11 aromatic rings. The first-order valence-corrected chi connectivity index (χ1v) is 22.8. The minimum Gasteiger partial charge on any atom is -0.310 e. The van der Waals surface area contributed by atoms with Crippen LogP contribution in [-0.2, 0) is 10.8 Å². The maximum absolute atomic E-state index is 4.88. The Hall–Kier alpha value is -6.96. The van der Waals surface area contributed by atoms with Crippen molar-refractivity contribution in [3.8, 4) is 22.8 Å². The monoisotopic (exact) mass is 829 g/mol. The lowest BCUT2D eigenvalue weighted by Gasteiger charge is -2.39. The summed E-state index contributed by atoms with van der Waals surface area (Å²) in [6.45, 7) is 13.8. The van der Waals surface area contributed by atoms with Crippen molar-refractivity contribution in [1.82, 2.24) is 19.1 Å². The first kappa shape index (κ1) is 36.7. The van der Waals surface area contributed by atoms with Gasteiger partial charge in [0.25, 0.3) is 6.71 Å². The van der Waals surface area contributed by atoms with Crippen molar-refractivity contribution in [2.24, 2.45) is 0 Å². The molecule has 0 saturated heterocycles. The van der Waals surface area contributed by atoms with Crippen LogP contribution >= 0.6 is 11.3 Å². The van der Waals surface area contributed by atoms with Gasteiger partial charge in [0, 0.05) is 82.6 Å². The van der Waals surface area contributed by atoms with Gasteiger partial charge in [0.1, 0.15) is 0 Å². The van der Waals surface area contributed by atoms with Crippen molar-refractivity contribution in [2.75, 3.05) is 4.90 Å². The van der Waals surface area contributed by atoms with Gasteiger partial charge in [0.05, 0.1) is 22.2 Å². The molecule has 0 amide bonds. The third-order valence-electron chi connectivity index (χ3n) is 13.7. The average Bonchev–Trinajstić information content (AvgIpc) is 3.96. The second-order valence-electron chi connectivity index (χ2n) is 19.5. The number of aromatic nitrogens is 4. The zero-order valence-corrected chi connectivity index (χ0v) is 37.0. The number of para-hydroxylation sites is 3. The summed E-state index contributed by atoms with van der Waals surface area (Å²) in [5, 5.41) is 6.33. The van der Waals surface area contributed by atoms with Crippen LogP contribution in [0.15, 0.2) is 158 Å². The van der Waals surface area contributed by atoms with Gasteiger partial charge in [-0.2, -0.15) is 0 Å². The van der Waals surface area contributed by atoms with E-state index in [-0.39, 0.29) is 17.5 Å². The van der Waals surface area contributed by atoms with Gasteiger partial charge in [-0.25, -0.2) is 9.97 Å². The van der Waals surface area contributed by atoms with E-state index >= 15 is 0 Å². The van der Waals surface area contributed by atoms with Crippen LogP contribution in [0.4, 0.5) is 17.1 Å². The average molecular weight is 830 g/mol. The lowest BCUT2D eigenvalue weighted by atomic mass is 9.36. The fourth-order valence-electron chi connectivity index (χ4n) is 10.7. The van der Waals surface area contributed by atoms with E-state index in [1.165, 1.54) is 97.6 Å². The van der Waals surface area contributed by atoms with E-state index in [0.717, 1.165) is 16.9 Å². The van der Waals surface area contributed by atoms with Gasteiger partial charge >= 0.3 is 0 Å². The van der Waals surface area contributed by atoms with Crippen LogP contribution in [0.3, 0.4) is 0 Å². The van der Waals surface area contributed by atoms with Crippen molar-refractivity contribution in [2.45, 2.75) is 52.4 Å². The third kappa shape index (κ3) is 5.11. The molecule has 0 fully saturated rings. The summed E-state index contributed by atoms with van der Waals surface area (Å²) in [5.74, 6) is 0.713. The van der Waals surface area contributed by atoms with Gasteiger partial charge in [-0.3, -0.25) is 0 Å². The Morgan fingerprint density at radius 3 is 2.02 bits per heavy atom. The summed E-state index contributed by atoms with van der Waals surface area (Å²) in [6.07, 6.45) is 3.71. The quantitative estimate of drug-likeness (QED) is 0.167. The molecule has 2 aliphatic rings. The number of rotatable bonds is 3. The summed E-state index contributed by atoms with van der Waals surface area (Å²) in [6, 6.07) is 54.6. The zero-order chi connectivity index (χ0) is 42.5. The van der Waals surface area contributed by atoms with Crippen LogP contribution in [0, 0.1) is 0 Å². The van der Waals surface area contributed by atoms with E-state index < -0.39 is 0 Å². The van der Waals surface area contributed by atoms with E-state index in [4.69, 9.17) is 9.97 Å². The number of benzene rings is 7. The number of hydrogen-bond donors (Lipinski definition) is 0. The Morgan fingerprint density at radius 2 is 1.24 bits per heavy atom. The molecule has 4 aromatic heterocycles. The second kappa shape index (κ2) is 12.8. The van der Waals surface area contributed by atoms with Crippen molar-refractivity contribution >= 4 is 105 Å².